The van der Waals surface area contributed by atoms with E-state index in [9.17, 15) is 0 Å². The Labute approximate surface area is 107 Å². The molecule has 0 bridgehead atoms. The lowest BCUT2D eigenvalue weighted by Gasteiger charge is -2.19. The zero-order valence-corrected chi connectivity index (χ0v) is 11.2. The van der Waals surface area contributed by atoms with Crippen LogP contribution in [0.5, 0.6) is 5.75 Å². The first-order chi connectivity index (χ1) is 8.48. The Morgan fingerprint density at radius 1 is 1.17 bits per heavy atom. The number of benzene rings is 1. The van der Waals surface area contributed by atoms with E-state index in [1.807, 2.05) is 30.3 Å². The van der Waals surface area contributed by atoms with E-state index >= 15 is 0 Å². The van der Waals surface area contributed by atoms with Crippen molar-refractivity contribution in [2.75, 3.05) is 12.4 Å². The van der Waals surface area contributed by atoms with Gasteiger partial charge in [-0.2, -0.15) is 0 Å². The summed E-state index contributed by atoms with van der Waals surface area (Å²) in [4.78, 5) is 0. The summed E-state index contributed by atoms with van der Waals surface area (Å²) in [5.41, 5.74) is 0.943. The molecular formula is C14H18N2O2. The first-order valence-corrected chi connectivity index (χ1v) is 5.87. The van der Waals surface area contributed by atoms with Crippen molar-refractivity contribution in [2.24, 2.45) is 0 Å². The van der Waals surface area contributed by atoms with Gasteiger partial charge in [-0.05, 0) is 45.0 Å². The molecule has 4 heteroatoms. The quantitative estimate of drug-likeness (QED) is 0.899. The Kier molecular flexibility index (Phi) is 3.28. The number of nitrogens with zero attached hydrogens (tertiary/aromatic N) is 1. The molecule has 0 saturated heterocycles. The maximum Gasteiger partial charge on any atom is 0.170 e. The van der Waals surface area contributed by atoms with E-state index in [0.29, 0.717) is 0 Å². The standard InChI is InChI=1S/C14H18N2O2/c1-14(2,3)15-13-9-12(18-16-13)10-5-7-11(17-4)8-6-10/h5-9H,1-4H3,(H,15,16). The van der Waals surface area contributed by atoms with Crippen LogP contribution in [0.15, 0.2) is 34.9 Å². The monoisotopic (exact) mass is 246 g/mol. The number of anilines is 1. The molecule has 4 nitrogen and oxygen atoms in total. The molecule has 0 aliphatic heterocycles. The molecule has 0 aliphatic rings. The molecule has 0 atom stereocenters. The second-order valence-corrected chi connectivity index (χ2v) is 5.18. The Morgan fingerprint density at radius 3 is 2.39 bits per heavy atom. The van der Waals surface area contributed by atoms with Crippen LogP contribution in [-0.2, 0) is 0 Å². The topological polar surface area (TPSA) is 47.3 Å². The minimum atomic E-state index is -0.0337. The minimum absolute atomic E-state index is 0.0337. The molecule has 0 unspecified atom stereocenters. The van der Waals surface area contributed by atoms with E-state index < -0.39 is 0 Å². The fourth-order valence-corrected chi connectivity index (χ4v) is 1.61. The number of aromatic nitrogens is 1. The molecule has 1 heterocycles. The molecule has 96 valence electrons. The molecular weight excluding hydrogens is 228 g/mol. The van der Waals surface area contributed by atoms with Crippen LogP contribution in [0.4, 0.5) is 5.82 Å². The van der Waals surface area contributed by atoms with E-state index in [2.05, 4.69) is 31.2 Å². The Bertz CT molecular complexity index is 509. The largest absolute Gasteiger partial charge is 0.497 e. The lowest BCUT2D eigenvalue weighted by Crippen LogP contribution is -2.26. The zero-order chi connectivity index (χ0) is 13.2. The van der Waals surface area contributed by atoms with Crippen molar-refractivity contribution < 1.29 is 9.26 Å². The number of nitrogens with one attached hydrogen (secondary N) is 1. The summed E-state index contributed by atoms with van der Waals surface area (Å²) in [5, 5.41) is 7.27. The fraction of sp³-hybridized carbons (Fsp3) is 0.357. The van der Waals surface area contributed by atoms with Crippen molar-refractivity contribution in [3.8, 4) is 17.1 Å². The van der Waals surface area contributed by atoms with Gasteiger partial charge in [-0.15, -0.1) is 0 Å². The van der Waals surface area contributed by atoms with Crippen LogP contribution in [0.2, 0.25) is 0 Å². The van der Waals surface area contributed by atoms with Crippen molar-refractivity contribution >= 4 is 5.82 Å². The minimum Gasteiger partial charge on any atom is -0.497 e. The van der Waals surface area contributed by atoms with Crippen LogP contribution >= 0.6 is 0 Å². The molecule has 1 N–H and O–H groups in total. The normalized spacial score (nSPS) is 11.3. The highest BCUT2D eigenvalue weighted by atomic mass is 16.5. The lowest BCUT2D eigenvalue weighted by molar-refractivity contribution is 0.414. The van der Waals surface area contributed by atoms with Gasteiger partial charge in [-0.3, -0.25) is 0 Å². The molecule has 0 radical (unpaired) electrons. The highest BCUT2D eigenvalue weighted by Crippen LogP contribution is 2.25. The van der Waals surface area contributed by atoms with Crippen LogP contribution < -0.4 is 10.1 Å². The van der Waals surface area contributed by atoms with E-state index in [4.69, 9.17) is 9.26 Å². The Morgan fingerprint density at radius 2 is 1.83 bits per heavy atom. The lowest BCUT2D eigenvalue weighted by atomic mass is 10.1. The van der Waals surface area contributed by atoms with Crippen LogP contribution in [0.3, 0.4) is 0 Å². The summed E-state index contributed by atoms with van der Waals surface area (Å²) >= 11 is 0. The van der Waals surface area contributed by atoms with Gasteiger partial charge in [0.25, 0.3) is 0 Å². The van der Waals surface area contributed by atoms with Gasteiger partial charge in [-0.25, -0.2) is 0 Å². The molecule has 0 fully saturated rings. The van der Waals surface area contributed by atoms with Crippen LogP contribution in [0.1, 0.15) is 20.8 Å². The van der Waals surface area contributed by atoms with Gasteiger partial charge in [0.15, 0.2) is 11.6 Å². The molecule has 0 amide bonds. The summed E-state index contributed by atoms with van der Waals surface area (Å²) in [6.07, 6.45) is 0. The third-order valence-electron chi connectivity index (χ3n) is 2.39. The summed E-state index contributed by atoms with van der Waals surface area (Å²) in [6.45, 7) is 6.23. The molecule has 0 spiro atoms. The molecule has 2 rings (SSSR count). The number of rotatable bonds is 3. The van der Waals surface area contributed by atoms with Crippen LogP contribution in [0, 0.1) is 0 Å². The molecule has 2 aromatic rings. The Hall–Kier alpha value is -1.97. The molecule has 1 aromatic carbocycles. The van der Waals surface area contributed by atoms with Gasteiger partial charge in [-0.1, -0.05) is 5.16 Å². The van der Waals surface area contributed by atoms with Gasteiger partial charge in [0.05, 0.1) is 7.11 Å². The van der Waals surface area contributed by atoms with Crippen molar-refractivity contribution in [1.29, 1.82) is 0 Å². The van der Waals surface area contributed by atoms with Crippen LogP contribution in [0.25, 0.3) is 11.3 Å². The van der Waals surface area contributed by atoms with Gasteiger partial charge in [0.1, 0.15) is 5.75 Å². The zero-order valence-electron chi connectivity index (χ0n) is 11.2. The number of hydrogen-bond donors (Lipinski definition) is 1. The molecule has 0 saturated carbocycles. The van der Waals surface area contributed by atoms with E-state index in [0.717, 1.165) is 22.9 Å². The first-order valence-electron chi connectivity index (χ1n) is 5.87. The Balaban J connectivity index is 2.18. The average Bonchev–Trinajstić information content (AvgIpc) is 2.75. The highest BCUT2D eigenvalue weighted by molar-refractivity contribution is 5.61. The van der Waals surface area contributed by atoms with Gasteiger partial charge >= 0.3 is 0 Å². The number of hydrogen-bond acceptors (Lipinski definition) is 4. The van der Waals surface area contributed by atoms with Crippen LogP contribution in [-0.4, -0.2) is 17.8 Å². The third-order valence-corrected chi connectivity index (χ3v) is 2.39. The summed E-state index contributed by atoms with van der Waals surface area (Å²) in [6, 6.07) is 9.58. The first kappa shape index (κ1) is 12.5. The SMILES string of the molecule is COc1ccc(-c2cc(NC(C)(C)C)no2)cc1. The number of ether oxygens (including phenoxy) is 1. The van der Waals surface area contributed by atoms with Crippen molar-refractivity contribution in [2.45, 2.75) is 26.3 Å². The second kappa shape index (κ2) is 4.72. The van der Waals surface area contributed by atoms with Gasteiger partial charge < -0.3 is 14.6 Å². The van der Waals surface area contributed by atoms with Gasteiger partial charge in [0, 0.05) is 17.2 Å². The van der Waals surface area contributed by atoms with E-state index in [1.54, 1.807) is 7.11 Å². The van der Waals surface area contributed by atoms with Crippen molar-refractivity contribution in [1.82, 2.24) is 5.16 Å². The number of methoxy groups -OCH3 is 1. The second-order valence-electron chi connectivity index (χ2n) is 5.18. The fourth-order valence-electron chi connectivity index (χ4n) is 1.61. The maximum atomic E-state index is 5.32. The summed E-state index contributed by atoms with van der Waals surface area (Å²) in [7, 11) is 1.65. The molecule has 0 aliphatic carbocycles. The van der Waals surface area contributed by atoms with Crippen molar-refractivity contribution in [3.63, 3.8) is 0 Å². The highest BCUT2D eigenvalue weighted by Gasteiger charge is 2.13. The maximum absolute atomic E-state index is 5.32. The predicted molar refractivity (Wildman–Crippen MR) is 71.9 cm³/mol. The molecule has 18 heavy (non-hydrogen) atoms. The summed E-state index contributed by atoms with van der Waals surface area (Å²) < 4.78 is 10.4. The summed E-state index contributed by atoms with van der Waals surface area (Å²) in [5.74, 6) is 2.31. The third kappa shape index (κ3) is 3.03. The van der Waals surface area contributed by atoms with Crippen molar-refractivity contribution in [3.05, 3.63) is 30.3 Å². The molecule has 1 aromatic heterocycles. The average molecular weight is 246 g/mol. The smallest absolute Gasteiger partial charge is 0.170 e. The van der Waals surface area contributed by atoms with Gasteiger partial charge in [0.2, 0.25) is 0 Å². The van der Waals surface area contributed by atoms with E-state index in [-0.39, 0.29) is 5.54 Å². The van der Waals surface area contributed by atoms with E-state index in [1.165, 1.54) is 0 Å². The predicted octanol–water partition coefficient (Wildman–Crippen LogP) is 3.56.